The number of aliphatic hydroxyl groups is 7. The van der Waals surface area contributed by atoms with Crippen LogP contribution in [0.4, 0.5) is 0 Å². The number of carbonyl (C=O) groups is 1. The van der Waals surface area contributed by atoms with Gasteiger partial charge in [-0.3, -0.25) is 4.79 Å². The van der Waals surface area contributed by atoms with E-state index in [9.17, 15) is 40.5 Å². The summed E-state index contributed by atoms with van der Waals surface area (Å²) in [6.45, 7) is 3.67. The van der Waals surface area contributed by atoms with Crippen molar-refractivity contribution in [3.63, 3.8) is 0 Å². The predicted octanol–water partition coefficient (Wildman–Crippen LogP) is 10.7. The average Bonchev–Trinajstić information content (AvgIpc) is 3.40. The van der Waals surface area contributed by atoms with E-state index in [1.807, 2.05) is 0 Å². The molecule has 74 heavy (non-hydrogen) atoms. The molecule has 0 saturated carbocycles. The molecule has 0 aliphatic carbocycles. The van der Waals surface area contributed by atoms with Gasteiger partial charge in [-0.05, 0) is 77.0 Å². The van der Waals surface area contributed by atoms with Crippen molar-refractivity contribution in [1.29, 1.82) is 0 Å². The first-order valence-electron chi connectivity index (χ1n) is 29.7. The third kappa shape index (κ3) is 33.3. The minimum absolute atomic E-state index is 0.0563. The van der Waals surface area contributed by atoms with Gasteiger partial charge in [0.2, 0.25) is 0 Å². The molecule has 14 heteroatoms. The van der Waals surface area contributed by atoms with Crippen LogP contribution >= 0.6 is 0 Å². The van der Waals surface area contributed by atoms with Crippen LogP contribution in [0.3, 0.4) is 0 Å². The molecule has 14 nitrogen and oxygen atoms in total. The van der Waals surface area contributed by atoms with Crippen molar-refractivity contribution in [2.45, 2.75) is 293 Å². The van der Waals surface area contributed by atoms with Gasteiger partial charge in [-0.1, -0.05) is 191 Å². The van der Waals surface area contributed by atoms with Crippen LogP contribution in [0.5, 0.6) is 0 Å². The first-order chi connectivity index (χ1) is 36.1. The van der Waals surface area contributed by atoms with Crippen LogP contribution in [0.25, 0.3) is 0 Å². The van der Waals surface area contributed by atoms with Gasteiger partial charge in [-0.25, -0.2) is 0 Å². The molecule has 2 fully saturated rings. The number of hydrogen-bond donors (Lipinski definition) is 7. The molecule has 432 valence electrons. The number of aliphatic hydroxyl groups excluding tert-OH is 7. The number of ether oxygens (including phenoxy) is 6. The largest absolute Gasteiger partial charge is 0.457 e. The van der Waals surface area contributed by atoms with Gasteiger partial charge in [0.05, 0.1) is 26.4 Å². The summed E-state index contributed by atoms with van der Waals surface area (Å²) < 4.78 is 34.4. The lowest BCUT2D eigenvalue weighted by atomic mass is 9.98. The SMILES string of the molecule is CCCCCCC/C=C\C/C=C\C/C=C\CCCCCCCCCCCCCOCC(COC1OC(COC2OC(CO)C(O)C(O)C2O)C(O)C(O)C1O)OC(=O)CCCCCCC/C=C\CCCCCCC. The van der Waals surface area contributed by atoms with Gasteiger partial charge in [0.1, 0.15) is 54.9 Å². The Morgan fingerprint density at radius 3 is 1.32 bits per heavy atom. The van der Waals surface area contributed by atoms with Gasteiger partial charge in [-0.2, -0.15) is 0 Å². The zero-order chi connectivity index (χ0) is 53.7. The summed E-state index contributed by atoms with van der Waals surface area (Å²) in [5, 5.41) is 72.3. The molecular formula is C60H108O14. The maximum atomic E-state index is 13.0. The van der Waals surface area contributed by atoms with Crippen LogP contribution in [0.1, 0.15) is 226 Å². The van der Waals surface area contributed by atoms with Gasteiger partial charge in [0, 0.05) is 13.0 Å². The second kappa shape index (κ2) is 47.0. The summed E-state index contributed by atoms with van der Waals surface area (Å²) in [6, 6.07) is 0. The van der Waals surface area contributed by atoms with E-state index in [1.165, 1.54) is 128 Å². The topological polar surface area (TPSA) is 214 Å². The highest BCUT2D eigenvalue weighted by molar-refractivity contribution is 5.69. The highest BCUT2D eigenvalue weighted by Crippen LogP contribution is 2.27. The number of unbranched alkanes of at least 4 members (excludes halogenated alkanes) is 26. The smallest absolute Gasteiger partial charge is 0.306 e. The van der Waals surface area contributed by atoms with Crippen LogP contribution < -0.4 is 0 Å². The van der Waals surface area contributed by atoms with E-state index >= 15 is 0 Å². The van der Waals surface area contributed by atoms with E-state index in [-0.39, 0.29) is 25.6 Å². The lowest BCUT2D eigenvalue weighted by Gasteiger charge is -2.42. The first kappa shape index (κ1) is 68.1. The molecule has 0 amide bonds. The number of allylic oxidation sites excluding steroid dienone is 8. The Hall–Kier alpha value is -2.05. The Balaban J connectivity index is 1.68. The lowest BCUT2D eigenvalue weighted by molar-refractivity contribution is -0.332. The summed E-state index contributed by atoms with van der Waals surface area (Å²) in [4.78, 5) is 13.0. The average molecular weight is 1050 g/mol. The van der Waals surface area contributed by atoms with Crippen molar-refractivity contribution in [2.24, 2.45) is 0 Å². The molecular weight excluding hydrogens is 945 g/mol. The third-order valence-corrected chi connectivity index (χ3v) is 14.1. The van der Waals surface area contributed by atoms with Crippen molar-refractivity contribution in [3.8, 4) is 0 Å². The van der Waals surface area contributed by atoms with Crippen LogP contribution in [0.15, 0.2) is 48.6 Å². The predicted molar refractivity (Wildman–Crippen MR) is 293 cm³/mol. The van der Waals surface area contributed by atoms with Gasteiger partial charge in [0.25, 0.3) is 0 Å². The number of carbonyl (C=O) groups excluding carboxylic acids is 1. The molecule has 7 N–H and O–H groups in total. The maximum Gasteiger partial charge on any atom is 0.306 e. The summed E-state index contributed by atoms with van der Waals surface area (Å²) in [5.74, 6) is -0.385. The molecule has 2 rings (SSSR count). The Kier molecular flexibility index (Phi) is 43.2. The fourth-order valence-corrected chi connectivity index (χ4v) is 9.23. The maximum absolute atomic E-state index is 13.0. The normalized spacial score (nSPS) is 25.1. The summed E-state index contributed by atoms with van der Waals surface area (Å²) in [6.07, 6.45) is 40.3. The zero-order valence-electron chi connectivity index (χ0n) is 46.3. The third-order valence-electron chi connectivity index (χ3n) is 14.1. The van der Waals surface area contributed by atoms with Gasteiger partial charge in [0.15, 0.2) is 12.6 Å². The quantitative estimate of drug-likeness (QED) is 0.0172. The zero-order valence-corrected chi connectivity index (χ0v) is 46.3. The molecule has 2 saturated heterocycles. The van der Waals surface area contributed by atoms with Gasteiger partial charge in [-0.15, -0.1) is 0 Å². The Morgan fingerprint density at radius 2 is 0.838 bits per heavy atom. The molecule has 0 spiro atoms. The van der Waals surface area contributed by atoms with Crippen molar-refractivity contribution >= 4 is 5.97 Å². The second-order valence-electron chi connectivity index (χ2n) is 20.8. The molecule has 0 bridgehead atoms. The molecule has 11 atom stereocenters. The van der Waals surface area contributed by atoms with Gasteiger partial charge >= 0.3 is 5.97 Å². The van der Waals surface area contributed by atoms with E-state index in [1.54, 1.807) is 0 Å². The Bertz CT molecular complexity index is 1410. The second-order valence-corrected chi connectivity index (χ2v) is 20.8. The fourth-order valence-electron chi connectivity index (χ4n) is 9.23. The molecule has 0 aromatic carbocycles. The van der Waals surface area contributed by atoms with E-state index in [4.69, 9.17) is 28.4 Å². The van der Waals surface area contributed by atoms with Crippen LogP contribution in [-0.4, -0.2) is 142 Å². The first-order valence-corrected chi connectivity index (χ1v) is 29.7. The van der Waals surface area contributed by atoms with Crippen LogP contribution in [-0.2, 0) is 33.2 Å². The van der Waals surface area contributed by atoms with E-state index in [0.717, 1.165) is 70.6 Å². The number of esters is 1. The molecule has 11 unspecified atom stereocenters. The van der Waals surface area contributed by atoms with E-state index in [0.29, 0.717) is 13.0 Å². The Morgan fingerprint density at radius 1 is 0.446 bits per heavy atom. The van der Waals surface area contributed by atoms with Crippen LogP contribution in [0.2, 0.25) is 0 Å². The van der Waals surface area contributed by atoms with E-state index < -0.39 is 80.7 Å². The fraction of sp³-hybridized carbons (Fsp3) is 0.850. The summed E-state index contributed by atoms with van der Waals surface area (Å²) >= 11 is 0. The lowest BCUT2D eigenvalue weighted by Crippen LogP contribution is -2.61. The molecule has 0 aromatic rings. The van der Waals surface area contributed by atoms with Crippen molar-refractivity contribution < 1.29 is 69.0 Å². The van der Waals surface area contributed by atoms with Crippen molar-refractivity contribution in [3.05, 3.63) is 48.6 Å². The van der Waals surface area contributed by atoms with Crippen molar-refractivity contribution in [1.82, 2.24) is 0 Å². The van der Waals surface area contributed by atoms with Gasteiger partial charge < -0.3 is 64.2 Å². The summed E-state index contributed by atoms with van der Waals surface area (Å²) in [5.41, 5.74) is 0. The number of rotatable bonds is 48. The summed E-state index contributed by atoms with van der Waals surface area (Å²) in [7, 11) is 0. The monoisotopic (exact) mass is 1050 g/mol. The molecule has 2 heterocycles. The highest BCUT2D eigenvalue weighted by atomic mass is 16.7. The number of hydrogen-bond acceptors (Lipinski definition) is 14. The highest BCUT2D eigenvalue weighted by Gasteiger charge is 2.47. The minimum Gasteiger partial charge on any atom is -0.457 e. The molecule has 0 aromatic heterocycles. The molecule has 2 aliphatic heterocycles. The molecule has 2 aliphatic rings. The minimum atomic E-state index is -1.71. The standard InChI is InChI=1S/C60H108O14/c1-3-5-7-9-11-13-15-17-19-20-21-22-23-24-25-26-27-28-29-30-32-34-36-38-40-42-44-69-46-49(72-52(62)43-41-39-37-35-33-31-18-16-14-12-10-8-6-4-2)47-70-59-58(68)56(66)54(64)51(74-59)48-71-60-57(67)55(65)53(63)50(45-61)73-60/h15-18,20-21,23-24,49-51,53-61,63-68H,3-14,19,22,25-48H2,1-2H3/b17-15-,18-16-,21-20-,24-23-. The Labute approximate surface area is 448 Å². The molecule has 0 radical (unpaired) electrons. The van der Waals surface area contributed by atoms with Crippen molar-refractivity contribution in [2.75, 3.05) is 33.0 Å². The van der Waals surface area contributed by atoms with E-state index in [2.05, 4.69) is 62.5 Å². The van der Waals surface area contributed by atoms with Crippen LogP contribution in [0, 0.1) is 0 Å².